The van der Waals surface area contributed by atoms with Crippen LogP contribution in [0.25, 0.3) is 10.9 Å². The second-order valence-electron chi connectivity index (χ2n) is 8.01. The van der Waals surface area contributed by atoms with Gasteiger partial charge in [-0.2, -0.15) is 4.31 Å². The van der Waals surface area contributed by atoms with Crippen LogP contribution in [0.5, 0.6) is 0 Å². The van der Waals surface area contributed by atoms with Crippen molar-refractivity contribution >= 4 is 20.9 Å². The summed E-state index contributed by atoms with van der Waals surface area (Å²) in [7, 11) is -3.52. The molecule has 30 heavy (non-hydrogen) atoms. The van der Waals surface area contributed by atoms with Gasteiger partial charge in [0.1, 0.15) is 0 Å². The first-order chi connectivity index (χ1) is 14.4. The van der Waals surface area contributed by atoms with E-state index in [2.05, 4.69) is 11.9 Å². The number of sulfonamides is 1. The standard InChI is InChI=1S/C23H27N3O3S/c1-3-4-18-6-8-20(9-7-18)30(28,29)25-13-11-19(12-14-25)26-16-24-22-10-5-17(2)15-21(22)23(26)27/h5-10,15-16,19H,3-4,11-14H2,1-2H3. The van der Waals surface area contributed by atoms with Gasteiger partial charge in [0.05, 0.1) is 22.1 Å². The average Bonchev–Trinajstić information content (AvgIpc) is 2.75. The van der Waals surface area contributed by atoms with Crippen LogP contribution in [0.2, 0.25) is 0 Å². The summed E-state index contributed by atoms with van der Waals surface area (Å²) < 4.78 is 29.2. The average molecular weight is 426 g/mol. The molecule has 2 aromatic carbocycles. The number of piperidine rings is 1. The van der Waals surface area contributed by atoms with Crippen molar-refractivity contribution in [3.63, 3.8) is 0 Å². The molecule has 1 aliphatic rings. The molecular weight excluding hydrogens is 398 g/mol. The van der Waals surface area contributed by atoms with E-state index in [0.717, 1.165) is 24.0 Å². The van der Waals surface area contributed by atoms with Gasteiger partial charge in [0, 0.05) is 19.1 Å². The summed E-state index contributed by atoms with van der Waals surface area (Å²) >= 11 is 0. The van der Waals surface area contributed by atoms with E-state index in [1.165, 1.54) is 4.31 Å². The topological polar surface area (TPSA) is 72.3 Å². The molecule has 0 atom stereocenters. The van der Waals surface area contributed by atoms with Gasteiger partial charge in [-0.15, -0.1) is 0 Å². The van der Waals surface area contributed by atoms with E-state index >= 15 is 0 Å². The molecule has 1 aliphatic heterocycles. The minimum Gasteiger partial charge on any atom is -0.296 e. The second-order valence-corrected chi connectivity index (χ2v) is 9.94. The molecule has 0 bridgehead atoms. The van der Waals surface area contributed by atoms with Crippen LogP contribution in [-0.2, 0) is 16.4 Å². The van der Waals surface area contributed by atoms with Crippen LogP contribution in [0.3, 0.4) is 0 Å². The minimum atomic E-state index is -3.52. The van der Waals surface area contributed by atoms with Crippen LogP contribution in [0, 0.1) is 6.92 Å². The number of fused-ring (bicyclic) bond motifs is 1. The quantitative estimate of drug-likeness (QED) is 0.625. The Bertz CT molecular complexity index is 1210. The summed E-state index contributed by atoms with van der Waals surface area (Å²) in [4.78, 5) is 17.7. The molecule has 1 aromatic heterocycles. The Kier molecular flexibility index (Phi) is 5.75. The van der Waals surface area contributed by atoms with Crippen LogP contribution in [-0.4, -0.2) is 35.4 Å². The van der Waals surface area contributed by atoms with Crippen LogP contribution in [0.1, 0.15) is 43.4 Å². The van der Waals surface area contributed by atoms with E-state index < -0.39 is 10.0 Å². The van der Waals surface area contributed by atoms with Crippen LogP contribution in [0.4, 0.5) is 0 Å². The largest absolute Gasteiger partial charge is 0.296 e. The second kappa shape index (κ2) is 8.32. The normalized spacial score (nSPS) is 16.2. The smallest absolute Gasteiger partial charge is 0.261 e. The van der Waals surface area contributed by atoms with E-state index in [9.17, 15) is 13.2 Å². The maximum atomic E-state index is 13.0. The summed E-state index contributed by atoms with van der Waals surface area (Å²) in [5.74, 6) is 0. The fourth-order valence-electron chi connectivity index (χ4n) is 4.14. The van der Waals surface area contributed by atoms with Gasteiger partial charge in [0.2, 0.25) is 10.0 Å². The molecule has 4 rings (SSSR count). The predicted molar refractivity (Wildman–Crippen MR) is 118 cm³/mol. The van der Waals surface area contributed by atoms with Gasteiger partial charge < -0.3 is 0 Å². The maximum Gasteiger partial charge on any atom is 0.261 e. The molecule has 1 fully saturated rings. The Balaban J connectivity index is 1.51. The first-order valence-electron chi connectivity index (χ1n) is 10.5. The highest BCUT2D eigenvalue weighted by Crippen LogP contribution is 2.26. The molecule has 2 heterocycles. The Labute approximate surface area is 177 Å². The molecule has 0 spiro atoms. The van der Waals surface area contributed by atoms with Crippen molar-refractivity contribution in [3.8, 4) is 0 Å². The Morgan fingerprint density at radius 3 is 2.43 bits per heavy atom. The maximum absolute atomic E-state index is 13.0. The number of nitrogens with zero attached hydrogens (tertiary/aromatic N) is 3. The van der Waals surface area contributed by atoms with Gasteiger partial charge in [-0.25, -0.2) is 13.4 Å². The molecule has 0 N–H and O–H groups in total. The molecule has 0 saturated carbocycles. The van der Waals surface area contributed by atoms with Crippen molar-refractivity contribution < 1.29 is 8.42 Å². The van der Waals surface area contributed by atoms with E-state index in [4.69, 9.17) is 0 Å². The molecule has 0 amide bonds. The van der Waals surface area contributed by atoms with Crippen molar-refractivity contribution in [3.05, 3.63) is 70.3 Å². The van der Waals surface area contributed by atoms with Crippen molar-refractivity contribution in [2.45, 2.75) is 50.5 Å². The Hall–Kier alpha value is -2.51. The number of hydrogen-bond acceptors (Lipinski definition) is 4. The van der Waals surface area contributed by atoms with Crippen molar-refractivity contribution in [2.24, 2.45) is 0 Å². The van der Waals surface area contributed by atoms with Crippen LogP contribution in [0.15, 0.2) is 58.5 Å². The lowest BCUT2D eigenvalue weighted by Gasteiger charge is -2.32. The number of benzene rings is 2. The zero-order chi connectivity index (χ0) is 21.3. The molecule has 6 nitrogen and oxygen atoms in total. The highest BCUT2D eigenvalue weighted by molar-refractivity contribution is 7.89. The molecule has 0 aliphatic carbocycles. The summed E-state index contributed by atoms with van der Waals surface area (Å²) in [5, 5.41) is 0.611. The van der Waals surface area contributed by atoms with E-state index in [1.54, 1.807) is 23.0 Å². The zero-order valence-corrected chi connectivity index (χ0v) is 18.2. The number of aryl methyl sites for hydroxylation is 2. The van der Waals surface area contributed by atoms with Gasteiger partial charge in [0.15, 0.2) is 0 Å². The van der Waals surface area contributed by atoms with Crippen LogP contribution < -0.4 is 5.56 Å². The zero-order valence-electron chi connectivity index (χ0n) is 17.4. The van der Waals surface area contributed by atoms with Gasteiger partial charge in [-0.1, -0.05) is 37.1 Å². The highest BCUT2D eigenvalue weighted by atomic mass is 32.2. The van der Waals surface area contributed by atoms with Crippen molar-refractivity contribution in [1.82, 2.24) is 13.9 Å². The van der Waals surface area contributed by atoms with Crippen LogP contribution >= 0.6 is 0 Å². The molecule has 0 radical (unpaired) electrons. The van der Waals surface area contributed by atoms with Gasteiger partial charge in [-0.05, 0) is 56.0 Å². The number of aromatic nitrogens is 2. The van der Waals surface area contributed by atoms with E-state index in [1.807, 2.05) is 37.3 Å². The molecule has 0 unspecified atom stereocenters. The summed E-state index contributed by atoms with van der Waals surface area (Å²) in [6.07, 6.45) is 4.75. The third-order valence-corrected chi connectivity index (χ3v) is 7.77. The molecule has 7 heteroatoms. The van der Waals surface area contributed by atoms with Gasteiger partial charge in [0.25, 0.3) is 5.56 Å². The summed E-state index contributed by atoms with van der Waals surface area (Å²) in [6.45, 7) is 4.84. The third kappa shape index (κ3) is 3.91. The summed E-state index contributed by atoms with van der Waals surface area (Å²) in [6, 6.07) is 12.8. The molecule has 3 aromatic rings. The SMILES string of the molecule is CCCc1ccc(S(=O)(=O)N2CCC(n3cnc4ccc(C)cc4c3=O)CC2)cc1. The lowest BCUT2D eigenvalue weighted by atomic mass is 10.1. The molecule has 158 valence electrons. The monoisotopic (exact) mass is 425 g/mol. The minimum absolute atomic E-state index is 0.0479. The lowest BCUT2D eigenvalue weighted by Crippen LogP contribution is -2.40. The van der Waals surface area contributed by atoms with E-state index in [0.29, 0.717) is 41.7 Å². The lowest BCUT2D eigenvalue weighted by molar-refractivity contribution is 0.269. The predicted octanol–water partition coefficient (Wildman–Crippen LogP) is 3.68. The molecular formula is C23H27N3O3S. The first kappa shape index (κ1) is 20.8. The number of rotatable bonds is 5. The Morgan fingerprint density at radius 1 is 1.07 bits per heavy atom. The molecule has 1 saturated heterocycles. The van der Waals surface area contributed by atoms with E-state index in [-0.39, 0.29) is 11.6 Å². The van der Waals surface area contributed by atoms with Gasteiger partial charge >= 0.3 is 0 Å². The summed E-state index contributed by atoms with van der Waals surface area (Å²) in [5.41, 5.74) is 2.79. The third-order valence-electron chi connectivity index (χ3n) is 5.85. The highest BCUT2D eigenvalue weighted by Gasteiger charge is 2.30. The van der Waals surface area contributed by atoms with Crippen molar-refractivity contribution in [2.75, 3.05) is 13.1 Å². The fourth-order valence-corrected chi connectivity index (χ4v) is 5.61. The Morgan fingerprint density at radius 2 is 1.77 bits per heavy atom. The van der Waals surface area contributed by atoms with Crippen molar-refractivity contribution in [1.29, 1.82) is 0 Å². The van der Waals surface area contributed by atoms with Gasteiger partial charge in [-0.3, -0.25) is 9.36 Å². The number of hydrogen-bond donors (Lipinski definition) is 0. The first-order valence-corrected chi connectivity index (χ1v) is 11.9. The fraction of sp³-hybridized carbons (Fsp3) is 0.391.